The molecule has 2 aromatic carbocycles. The highest BCUT2D eigenvalue weighted by Crippen LogP contribution is 2.10. The van der Waals surface area contributed by atoms with Crippen LogP contribution in [-0.2, 0) is 13.0 Å². The van der Waals surface area contributed by atoms with Gasteiger partial charge in [0.05, 0.1) is 11.0 Å². The van der Waals surface area contributed by atoms with Gasteiger partial charge in [-0.25, -0.2) is 4.98 Å². The predicted octanol–water partition coefficient (Wildman–Crippen LogP) is 2.47. The summed E-state index contributed by atoms with van der Waals surface area (Å²) in [5.41, 5.74) is 3.32. The number of hydrogen-bond donors (Lipinski definition) is 3. The summed E-state index contributed by atoms with van der Waals surface area (Å²) in [4.78, 5) is 12.1. The van der Waals surface area contributed by atoms with E-state index in [0.29, 0.717) is 0 Å². The summed E-state index contributed by atoms with van der Waals surface area (Å²) < 4.78 is 0. The first kappa shape index (κ1) is 15.1. The molecule has 0 bridgehead atoms. The average Bonchev–Trinajstić information content (AvgIpc) is 3.01. The maximum Gasteiger partial charge on any atom is 0.191 e. The number of aromatic nitrogens is 2. The smallest absolute Gasteiger partial charge is 0.191 e. The van der Waals surface area contributed by atoms with E-state index < -0.39 is 0 Å². The first-order valence-electron chi connectivity index (χ1n) is 7.77. The minimum atomic E-state index is 0.755. The molecule has 0 aliphatic rings. The van der Waals surface area contributed by atoms with Gasteiger partial charge in [-0.15, -0.1) is 0 Å². The van der Waals surface area contributed by atoms with Gasteiger partial charge in [0.2, 0.25) is 0 Å². The minimum absolute atomic E-state index is 0.755. The molecule has 0 spiro atoms. The Morgan fingerprint density at radius 2 is 1.83 bits per heavy atom. The molecule has 3 N–H and O–H groups in total. The van der Waals surface area contributed by atoms with Crippen molar-refractivity contribution in [3.8, 4) is 0 Å². The van der Waals surface area contributed by atoms with Crippen LogP contribution in [0.1, 0.15) is 11.4 Å². The summed E-state index contributed by atoms with van der Waals surface area (Å²) in [5.74, 6) is 1.78. The van der Waals surface area contributed by atoms with Crippen molar-refractivity contribution in [2.45, 2.75) is 13.0 Å². The molecule has 0 radical (unpaired) electrons. The van der Waals surface area contributed by atoms with E-state index in [0.717, 1.165) is 42.3 Å². The topological polar surface area (TPSA) is 65.1 Å². The Kier molecular flexibility index (Phi) is 4.88. The number of imidazole rings is 1. The number of rotatable bonds is 5. The van der Waals surface area contributed by atoms with Gasteiger partial charge >= 0.3 is 0 Å². The second-order valence-electron chi connectivity index (χ2n) is 5.29. The summed E-state index contributed by atoms with van der Waals surface area (Å²) in [7, 11) is 1.78. The zero-order valence-corrected chi connectivity index (χ0v) is 13.2. The van der Waals surface area contributed by atoms with E-state index in [4.69, 9.17) is 0 Å². The number of guanidine groups is 1. The van der Waals surface area contributed by atoms with Crippen LogP contribution in [0.2, 0.25) is 0 Å². The molecular weight excluding hydrogens is 286 g/mol. The fourth-order valence-corrected chi connectivity index (χ4v) is 2.43. The minimum Gasteiger partial charge on any atom is -0.356 e. The lowest BCUT2D eigenvalue weighted by molar-refractivity contribution is 0.777. The molecule has 0 saturated heterocycles. The van der Waals surface area contributed by atoms with Crippen LogP contribution in [0.5, 0.6) is 0 Å². The van der Waals surface area contributed by atoms with Crippen molar-refractivity contribution in [2.75, 3.05) is 13.6 Å². The van der Waals surface area contributed by atoms with Crippen molar-refractivity contribution >= 4 is 17.0 Å². The van der Waals surface area contributed by atoms with Crippen LogP contribution in [0.3, 0.4) is 0 Å². The molecule has 1 aromatic heterocycles. The lowest BCUT2D eigenvalue weighted by Gasteiger charge is -2.11. The summed E-state index contributed by atoms with van der Waals surface area (Å²) in [5, 5.41) is 6.62. The number of H-pyrrole nitrogens is 1. The van der Waals surface area contributed by atoms with Gasteiger partial charge in [0.25, 0.3) is 0 Å². The highest BCUT2D eigenvalue weighted by Gasteiger charge is 2.03. The van der Waals surface area contributed by atoms with Gasteiger partial charge in [0.15, 0.2) is 5.96 Å². The molecular formula is C18H21N5. The van der Waals surface area contributed by atoms with Crippen molar-refractivity contribution < 1.29 is 0 Å². The molecule has 0 atom stereocenters. The molecule has 5 nitrogen and oxygen atoms in total. The quantitative estimate of drug-likeness (QED) is 0.501. The van der Waals surface area contributed by atoms with Crippen LogP contribution in [0.25, 0.3) is 11.0 Å². The van der Waals surface area contributed by atoms with Gasteiger partial charge in [-0.3, -0.25) is 4.99 Å². The highest BCUT2D eigenvalue weighted by molar-refractivity contribution is 5.79. The normalized spacial score (nSPS) is 11.6. The summed E-state index contributed by atoms with van der Waals surface area (Å²) >= 11 is 0. The van der Waals surface area contributed by atoms with E-state index in [1.54, 1.807) is 7.05 Å². The fourth-order valence-electron chi connectivity index (χ4n) is 2.43. The van der Waals surface area contributed by atoms with Gasteiger partial charge in [-0.2, -0.15) is 0 Å². The Labute approximate surface area is 135 Å². The third kappa shape index (κ3) is 4.10. The molecule has 5 heteroatoms. The molecule has 1 heterocycles. The largest absolute Gasteiger partial charge is 0.356 e. The standard InChI is InChI=1S/C18H21N5/c1-19-18(21-13-14-7-3-2-4-8-14)20-12-11-17-22-15-9-5-6-10-16(15)23-17/h2-10H,11-13H2,1H3,(H,22,23)(H2,19,20,21). The SMILES string of the molecule is CN=C(NCCc1nc2ccccc2[nH]1)NCc1ccccc1. The molecule has 118 valence electrons. The van der Waals surface area contributed by atoms with Gasteiger partial charge in [0.1, 0.15) is 5.82 Å². The molecule has 0 saturated carbocycles. The second-order valence-corrected chi connectivity index (χ2v) is 5.29. The number of fused-ring (bicyclic) bond motifs is 1. The van der Waals surface area contributed by atoms with E-state index in [9.17, 15) is 0 Å². The van der Waals surface area contributed by atoms with Gasteiger partial charge < -0.3 is 15.6 Å². The third-order valence-corrected chi connectivity index (χ3v) is 3.62. The van der Waals surface area contributed by atoms with Crippen molar-refractivity contribution in [3.63, 3.8) is 0 Å². The molecule has 0 unspecified atom stereocenters. The van der Waals surface area contributed by atoms with Gasteiger partial charge in [-0.1, -0.05) is 42.5 Å². The van der Waals surface area contributed by atoms with Crippen LogP contribution >= 0.6 is 0 Å². The molecule has 3 aromatic rings. The number of nitrogens with one attached hydrogen (secondary N) is 3. The first-order chi connectivity index (χ1) is 11.3. The van der Waals surface area contributed by atoms with E-state index in [1.807, 2.05) is 42.5 Å². The third-order valence-electron chi connectivity index (χ3n) is 3.62. The van der Waals surface area contributed by atoms with Crippen LogP contribution in [0.15, 0.2) is 59.6 Å². The predicted molar refractivity (Wildman–Crippen MR) is 94.4 cm³/mol. The average molecular weight is 307 g/mol. The molecule has 23 heavy (non-hydrogen) atoms. The zero-order chi connectivity index (χ0) is 15.9. The van der Waals surface area contributed by atoms with Crippen molar-refractivity contribution in [1.29, 1.82) is 0 Å². The van der Waals surface area contributed by atoms with Crippen LogP contribution in [-0.4, -0.2) is 29.5 Å². The summed E-state index contributed by atoms with van der Waals surface area (Å²) in [6.45, 7) is 1.53. The Hall–Kier alpha value is -2.82. The van der Waals surface area contributed by atoms with Crippen molar-refractivity contribution in [1.82, 2.24) is 20.6 Å². The van der Waals surface area contributed by atoms with Crippen LogP contribution in [0.4, 0.5) is 0 Å². The Morgan fingerprint density at radius 1 is 1.04 bits per heavy atom. The Bertz CT molecular complexity index is 743. The molecule has 0 aliphatic carbocycles. The number of aromatic amines is 1. The Morgan fingerprint density at radius 3 is 2.61 bits per heavy atom. The van der Waals surface area contributed by atoms with Crippen molar-refractivity contribution in [3.05, 3.63) is 66.0 Å². The summed E-state index contributed by atoms with van der Waals surface area (Å²) in [6.07, 6.45) is 0.820. The monoisotopic (exact) mass is 307 g/mol. The molecule has 0 amide bonds. The molecule has 0 aliphatic heterocycles. The van der Waals surface area contributed by atoms with E-state index in [-0.39, 0.29) is 0 Å². The van der Waals surface area contributed by atoms with E-state index in [1.165, 1.54) is 5.56 Å². The maximum atomic E-state index is 4.57. The van der Waals surface area contributed by atoms with Crippen molar-refractivity contribution in [2.24, 2.45) is 4.99 Å². The lowest BCUT2D eigenvalue weighted by atomic mass is 10.2. The van der Waals surface area contributed by atoms with Crippen LogP contribution < -0.4 is 10.6 Å². The maximum absolute atomic E-state index is 4.57. The molecule has 3 rings (SSSR count). The Balaban J connectivity index is 1.48. The molecule has 0 fully saturated rings. The number of nitrogens with zero attached hydrogens (tertiary/aromatic N) is 2. The van der Waals surface area contributed by atoms with Gasteiger partial charge in [-0.05, 0) is 17.7 Å². The summed E-state index contributed by atoms with van der Waals surface area (Å²) in [6, 6.07) is 18.3. The van der Waals surface area contributed by atoms with E-state index >= 15 is 0 Å². The lowest BCUT2D eigenvalue weighted by Crippen LogP contribution is -2.37. The number of benzene rings is 2. The highest BCUT2D eigenvalue weighted by atomic mass is 15.2. The first-order valence-corrected chi connectivity index (χ1v) is 7.77. The number of hydrogen-bond acceptors (Lipinski definition) is 2. The van der Waals surface area contributed by atoms with Crippen LogP contribution in [0, 0.1) is 0 Å². The second kappa shape index (κ2) is 7.45. The van der Waals surface area contributed by atoms with Gasteiger partial charge in [0, 0.05) is 26.6 Å². The number of para-hydroxylation sites is 2. The number of aliphatic imine (C=N–C) groups is 1. The van der Waals surface area contributed by atoms with E-state index in [2.05, 4.69) is 37.7 Å². The zero-order valence-electron chi connectivity index (χ0n) is 13.2. The fraction of sp³-hybridized carbons (Fsp3) is 0.222.